The maximum Gasteiger partial charge on any atom is 0.326 e. The highest BCUT2D eigenvalue weighted by Gasteiger charge is 2.25. The lowest BCUT2D eigenvalue weighted by atomic mass is 9.99. The van der Waals surface area contributed by atoms with Gasteiger partial charge in [0, 0.05) is 6.04 Å². The number of carboxylic acid groups (broad SMARTS) is 1. The van der Waals surface area contributed by atoms with E-state index >= 15 is 0 Å². The second-order valence-corrected chi connectivity index (χ2v) is 6.11. The van der Waals surface area contributed by atoms with Gasteiger partial charge in [0.15, 0.2) is 5.16 Å². The molecular weight excluding hydrogens is 292 g/mol. The van der Waals surface area contributed by atoms with Crippen LogP contribution in [-0.4, -0.2) is 43.5 Å². The number of nitrogens with zero attached hydrogens (tertiary/aromatic N) is 3. The zero-order valence-electron chi connectivity index (χ0n) is 12.7. The molecule has 118 valence electrons. The Morgan fingerprint density at radius 2 is 2.10 bits per heavy atom. The number of carboxylic acids is 1. The first kappa shape index (κ1) is 17.5. The van der Waals surface area contributed by atoms with Crippen LogP contribution in [0.25, 0.3) is 0 Å². The number of aliphatic carboxylic acids is 1. The van der Waals surface area contributed by atoms with Crippen LogP contribution in [0.3, 0.4) is 0 Å². The molecule has 1 unspecified atom stereocenters. The van der Waals surface area contributed by atoms with E-state index in [2.05, 4.69) is 15.5 Å². The van der Waals surface area contributed by atoms with Gasteiger partial charge < -0.3 is 15.0 Å². The molecule has 0 fully saturated rings. The number of thioether (sulfide) groups is 1. The van der Waals surface area contributed by atoms with Crippen molar-refractivity contribution in [2.45, 2.75) is 51.4 Å². The number of hydrogen-bond donors (Lipinski definition) is 2. The standard InChI is InChI=1S/C13H22N4O3S/c1-5-9(4)11(12(19)20)15-10(18)6-21-13-16-14-7-17(13)8(2)3/h7-9,11H,5-6H2,1-4H3,(H,15,18)(H,19,20)/t9?,11-/m0/s1. The summed E-state index contributed by atoms with van der Waals surface area (Å²) in [4.78, 5) is 23.1. The van der Waals surface area contributed by atoms with E-state index in [1.54, 1.807) is 6.33 Å². The number of hydrogen-bond acceptors (Lipinski definition) is 5. The van der Waals surface area contributed by atoms with Crippen molar-refractivity contribution in [2.24, 2.45) is 5.92 Å². The molecule has 0 radical (unpaired) electrons. The molecule has 21 heavy (non-hydrogen) atoms. The lowest BCUT2D eigenvalue weighted by Crippen LogP contribution is -2.45. The highest BCUT2D eigenvalue weighted by atomic mass is 32.2. The molecule has 1 aromatic heterocycles. The second-order valence-electron chi connectivity index (χ2n) is 5.17. The topological polar surface area (TPSA) is 97.1 Å². The van der Waals surface area contributed by atoms with Crippen LogP contribution < -0.4 is 5.32 Å². The largest absolute Gasteiger partial charge is 0.480 e. The summed E-state index contributed by atoms with van der Waals surface area (Å²) in [7, 11) is 0. The number of carbonyl (C=O) groups excluding carboxylic acids is 1. The third-order valence-electron chi connectivity index (χ3n) is 3.22. The summed E-state index contributed by atoms with van der Waals surface area (Å²) in [5.41, 5.74) is 0. The van der Waals surface area contributed by atoms with Crippen molar-refractivity contribution in [3.05, 3.63) is 6.33 Å². The van der Waals surface area contributed by atoms with Crippen molar-refractivity contribution < 1.29 is 14.7 Å². The van der Waals surface area contributed by atoms with Crippen molar-refractivity contribution in [3.8, 4) is 0 Å². The van der Waals surface area contributed by atoms with E-state index in [0.29, 0.717) is 11.6 Å². The maximum absolute atomic E-state index is 11.9. The Morgan fingerprint density at radius 3 is 2.62 bits per heavy atom. The summed E-state index contributed by atoms with van der Waals surface area (Å²) in [5, 5.41) is 20.1. The van der Waals surface area contributed by atoms with Crippen molar-refractivity contribution in [1.29, 1.82) is 0 Å². The quantitative estimate of drug-likeness (QED) is 0.707. The van der Waals surface area contributed by atoms with Crippen LogP contribution >= 0.6 is 11.8 Å². The third-order valence-corrected chi connectivity index (χ3v) is 4.18. The number of rotatable bonds is 8. The summed E-state index contributed by atoms with van der Waals surface area (Å²) in [5.74, 6) is -1.32. The van der Waals surface area contributed by atoms with Gasteiger partial charge in [-0.2, -0.15) is 0 Å². The van der Waals surface area contributed by atoms with Gasteiger partial charge >= 0.3 is 5.97 Å². The van der Waals surface area contributed by atoms with E-state index in [1.807, 2.05) is 32.3 Å². The molecule has 0 saturated heterocycles. The van der Waals surface area contributed by atoms with E-state index in [9.17, 15) is 9.59 Å². The van der Waals surface area contributed by atoms with E-state index in [0.717, 1.165) is 0 Å². The molecule has 0 aromatic carbocycles. The summed E-state index contributed by atoms with van der Waals surface area (Å²) < 4.78 is 1.86. The minimum Gasteiger partial charge on any atom is -0.480 e. The summed E-state index contributed by atoms with van der Waals surface area (Å²) in [6.45, 7) is 7.70. The summed E-state index contributed by atoms with van der Waals surface area (Å²) in [6.07, 6.45) is 2.30. The van der Waals surface area contributed by atoms with Gasteiger partial charge in [0.1, 0.15) is 12.4 Å². The minimum atomic E-state index is -1.01. The van der Waals surface area contributed by atoms with Gasteiger partial charge in [-0.3, -0.25) is 4.79 Å². The number of carbonyl (C=O) groups is 2. The van der Waals surface area contributed by atoms with Crippen molar-refractivity contribution in [1.82, 2.24) is 20.1 Å². The van der Waals surface area contributed by atoms with Crippen molar-refractivity contribution in [2.75, 3.05) is 5.75 Å². The third kappa shape index (κ3) is 5.04. The molecule has 1 rings (SSSR count). The van der Waals surface area contributed by atoms with Crippen LogP contribution in [0.15, 0.2) is 11.5 Å². The summed E-state index contributed by atoms with van der Waals surface area (Å²) >= 11 is 1.25. The predicted octanol–water partition coefficient (Wildman–Crippen LogP) is 1.57. The Morgan fingerprint density at radius 1 is 1.43 bits per heavy atom. The van der Waals surface area contributed by atoms with Gasteiger partial charge in [0.2, 0.25) is 5.91 Å². The molecule has 7 nitrogen and oxygen atoms in total. The average molecular weight is 314 g/mol. The molecule has 1 amide bonds. The molecule has 0 bridgehead atoms. The second kappa shape index (κ2) is 8.02. The van der Waals surface area contributed by atoms with Gasteiger partial charge in [0.25, 0.3) is 0 Å². The molecule has 0 aliphatic rings. The Balaban J connectivity index is 2.57. The van der Waals surface area contributed by atoms with Crippen LogP contribution in [-0.2, 0) is 9.59 Å². The van der Waals surface area contributed by atoms with Gasteiger partial charge in [-0.05, 0) is 19.8 Å². The molecule has 0 aliphatic heterocycles. The molecule has 1 aromatic rings. The average Bonchev–Trinajstić information content (AvgIpc) is 2.90. The van der Waals surface area contributed by atoms with Gasteiger partial charge in [-0.25, -0.2) is 4.79 Å². The molecule has 8 heteroatoms. The number of nitrogens with one attached hydrogen (secondary N) is 1. The molecule has 2 atom stereocenters. The van der Waals surface area contributed by atoms with Crippen LogP contribution in [0.5, 0.6) is 0 Å². The lowest BCUT2D eigenvalue weighted by Gasteiger charge is -2.20. The fourth-order valence-corrected chi connectivity index (χ4v) is 2.57. The lowest BCUT2D eigenvalue weighted by molar-refractivity contribution is -0.143. The van der Waals surface area contributed by atoms with Crippen LogP contribution in [0.2, 0.25) is 0 Å². The molecule has 0 spiro atoms. The van der Waals surface area contributed by atoms with Crippen molar-refractivity contribution in [3.63, 3.8) is 0 Å². The zero-order chi connectivity index (χ0) is 16.0. The first-order valence-corrected chi connectivity index (χ1v) is 7.89. The first-order chi connectivity index (χ1) is 9.86. The monoisotopic (exact) mass is 314 g/mol. The first-order valence-electron chi connectivity index (χ1n) is 6.91. The number of aromatic nitrogens is 3. The SMILES string of the molecule is CCC(C)[C@H](NC(=O)CSc1nncn1C(C)C)C(=O)O. The molecule has 2 N–H and O–H groups in total. The van der Waals surface area contributed by atoms with E-state index < -0.39 is 12.0 Å². The fourth-order valence-electron chi connectivity index (χ4n) is 1.72. The molecule has 0 saturated carbocycles. The zero-order valence-corrected chi connectivity index (χ0v) is 13.6. The van der Waals surface area contributed by atoms with E-state index in [4.69, 9.17) is 5.11 Å². The maximum atomic E-state index is 11.9. The Kier molecular flexibility index (Phi) is 6.67. The molecular formula is C13H22N4O3S. The van der Waals surface area contributed by atoms with Crippen molar-refractivity contribution >= 4 is 23.6 Å². The van der Waals surface area contributed by atoms with Crippen LogP contribution in [0, 0.1) is 5.92 Å². The highest BCUT2D eigenvalue weighted by molar-refractivity contribution is 7.99. The fraction of sp³-hybridized carbons (Fsp3) is 0.692. The Bertz CT molecular complexity index is 490. The number of amides is 1. The highest BCUT2D eigenvalue weighted by Crippen LogP contribution is 2.18. The van der Waals surface area contributed by atoms with Crippen LogP contribution in [0.1, 0.15) is 40.2 Å². The molecule has 1 heterocycles. The van der Waals surface area contributed by atoms with Gasteiger partial charge in [-0.15, -0.1) is 10.2 Å². The van der Waals surface area contributed by atoms with Crippen LogP contribution in [0.4, 0.5) is 0 Å². The van der Waals surface area contributed by atoms with Gasteiger partial charge in [-0.1, -0.05) is 32.0 Å². The predicted molar refractivity (Wildman–Crippen MR) is 80.2 cm³/mol. The summed E-state index contributed by atoms with van der Waals surface area (Å²) in [6, 6.07) is -0.650. The van der Waals surface area contributed by atoms with E-state index in [1.165, 1.54) is 11.8 Å². The van der Waals surface area contributed by atoms with E-state index in [-0.39, 0.29) is 23.6 Å². The van der Waals surface area contributed by atoms with Gasteiger partial charge in [0.05, 0.1) is 5.75 Å². The Hall–Kier alpha value is -1.57. The normalized spacial score (nSPS) is 14.0. The molecule has 0 aliphatic carbocycles. The Labute approximate surface area is 128 Å². The minimum absolute atomic E-state index is 0.115. The smallest absolute Gasteiger partial charge is 0.326 e.